The fourth-order valence-electron chi connectivity index (χ4n) is 4.03. The molecule has 0 unspecified atom stereocenters. The van der Waals surface area contributed by atoms with Crippen LogP contribution in [-0.2, 0) is 30.1 Å². The Labute approximate surface area is 222 Å². The Morgan fingerprint density at radius 2 is 1.82 bits per heavy atom. The van der Waals surface area contributed by atoms with Crippen molar-refractivity contribution in [2.24, 2.45) is 5.92 Å². The Morgan fingerprint density at radius 1 is 1.11 bits per heavy atom. The normalized spacial score (nSPS) is 18.3. The average Bonchev–Trinajstić information content (AvgIpc) is 2.92. The Morgan fingerprint density at radius 3 is 2.47 bits per heavy atom. The fourth-order valence-corrected chi connectivity index (χ4v) is 4.03. The van der Waals surface area contributed by atoms with Crippen LogP contribution in [0.15, 0.2) is 48.9 Å². The van der Waals surface area contributed by atoms with E-state index >= 15 is 0 Å². The van der Waals surface area contributed by atoms with Crippen molar-refractivity contribution in [1.29, 1.82) is 0 Å². The summed E-state index contributed by atoms with van der Waals surface area (Å²) in [5.74, 6) is -2.96. The highest BCUT2D eigenvalue weighted by molar-refractivity contribution is 6.51. The first-order valence-corrected chi connectivity index (χ1v) is 12.6. The maximum absolute atomic E-state index is 13.6. The van der Waals surface area contributed by atoms with Crippen molar-refractivity contribution < 1.29 is 28.5 Å². The SMILES string of the molecule is CC(C)C[C@H](NC(=O)[C@H](Cc1ccccc1)NC(=O)c1cnccn1)B1OC(=O)C[C@H](C)N(C)CC(=O)O1. The number of carbonyl (C=O) groups excluding carboxylic acids is 4. The highest BCUT2D eigenvalue weighted by Crippen LogP contribution is 2.15. The molecule has 1 aromatic carbocycles. The number of likely N-dealkylation sites (N-methyl/N-ethyl adjacent to an activating group) is 1. The summed E-state index contributed by atoms with van der Waals surface area (Å²) >= 11 is 0. The monoisotopic (exact) mass is 523 g/mol. The first kappa shape index (κ1) is 28.8. The first-order chi connectivity index (χ1) is 18.1. The molecule has 0 spiro atoms. The van der Waals surface area contributed by atoms with Gasteiger partial charge < -0.3 is 19.9 Å². The van der Waals surface area contributed by atoms with E-state index in [1.807, 2.05) is 51.1 Å². The summed E-state index contributed by atoms with van der Waals surface area (Å²) < 4.78 is 11.1. The molecule has 0 bridgehead atoms. The number of nitrogens with zero attached hydrogens (tertiary/aromatic N) is 3. The summed E-state index contributed by atoms with van der Waals surface area (Å²) in [6.45, 7) is 5.66. The number of nitrogens with one attached hydrogen (secondary N) is 2. The molecule has 11 nitrogen and oxygen atoms in total. The van der Waals surface area contributed by atoms with Gasteiger partial charge in [0.15, 0.2) is 0 Å². The molecule has 2 N–H and O–H groups in total. The fraction of sp³-hybridized carbons (Fsp3) is 0.462. The lowest BCUT2D eigenvalue weighted by molar-refractivity contribution is -0.140. The van der Waals surface area contributed by atoms with Gasteiger partial charge >= 0.3 is 13.1 Å². The second-order valence-corrected chi connectivity index (χ2v) is 9.87. The maximum atomic E-state index is 13.6. The van der Waals surface area contributed by atoms with Crippen LogP contribution >= 0.6 is 0 Å². The number of benzene rings is 1. The lowest BCUT2D eigenvalue weighted by Gasteiger charge is -2.27. The van der Waals surface area contributed by atoms with Gasteiger partial charge in [0, 0.05) is 24.9 Å². The molecular weight excluding hydrogens is 489 g/mol. The van der Waals surface area contributed by atoms with E-state index in [1.165, 1.54) is 18.6 Å². The van der Waals surface area contributed by atoms with E-state index in [4.69, 9.17) is 9.31 Å². The van der Waals surface area contributed by atoms with Crippen LogP contribution < -0.4 is 10.6 Å². The Bertz CT molecular complexity index is 1080. The molecule has 2 heterocycles. The predicted octanol–water partition coefficient (Wildman–Crippen LogP) is 1.19. The molecule has 2 amide bonds. The van der Waals surface area contributed by atoms with Crippen LogP contribution in [0.2, 0.25) is 0 Å². The molecule has 1 aliphatic rings. The molecule has 38 heavy (non-hydrogen) atoms. The molecule has 2 aromatic rings. The van der Waals surface area contributed by atoms with E-state index < -0.39 is 42.9 Å². The minimum Gasteiger partial charge on any atom is -0.498 e. The van der Waals surface area contributed by atoms with Crippen LogP contribution in [-0.4, -0.2) is 77.4 Å². The van der Waals surface area contributed by atoms with Crippen molar-refractivity contribution in [3.63, 3.8) is 0 Å². The zero-order valence-electron chi connectivity index (χ0n) is 22.1. The summed E-state index contributed by atoms with van der Waals surface area (Å²) in [5.41, 5.74) is 0.888. The molecule has 12 heteroatoms. The summed E-state index contributed by atoms with van der Waals surface area (Å²) in [6, 6.07) is 8.01. The maximum Gasteiger partial charge on any atom is 0.622 e. The van der Waals surface area contributed by atoms with Crippen LogP contribution in [0.1, 0.15) is 49.7 Å². The quantitative estimate of drug-likeness (QED) is 0.464. The van der Waals surface area contributed by atoms with E-state index in [2.05, 4.69) is 20.6 Å². The van der Waals surface area contributed by atoms with Crippen LogP contribution in [0.5, 0.6) is 0 Å². The third-order valence-corrected chi connectivity index (χ3v) is 6.17. The van der Waals surface area contributed by atoms with Gasteiger partial charge in [0.25, 0.3) is 11.9 Å². The number of hydrogen-bond acceptors (Lipinski definition) is 9. The molecular formula is C26H34BN5O6. The zero-order chi connectivity index (χ0) is 27.7. The molecule has 202 valence electrons. The van der Waals surface area contributed by atoms with Gasteiger partial charge in [-0.1, -0.05) is 44.2 Å². The first-order valence-electron chi connectivity index (χ1n) is 12.6. The minimum absolute atomic E-state index is 0.0263. The Hall–Kier alpha value is -3.80. The van der Waals surface area contributed by atoms with E-state index in [1.54, 1.807) is 11.9 Å². The third kappa shape index (κ3) is 8.65. The third-order valence-electron chi connectivity index (χ3n) is 6.17. The van der Waals surface area contributed by atoms with Crippen LogP contribution in [0.25, 0.3) is 0 Å². The highest BCUT2D eigenvalue weighted by atomic mass is 16.6. The van der Waals surface area contributed by atoms with E-state index in [0.717, 1.165) is 5.56 Å². The second-order valence-electron chi connectivity index (χ2n) is 9.87. The average molecular weight is 523 g/mol. The van der Waals surface area contributed by atoms with Crippen molar-refractivity contribution >= 4 is 30.9 Å². The van der Waals surface area contributed by atoms with E-state index in [0.29, 0.717) is 6.42 Å². The van der Waals surface area contributed by atoms with Gasteiger partial charge in [-0.3, -0.25) is 29.1 Å². The Balaban J connectivity index is 1.84. The summed E-state index contributed by atoms with van der Waals surface area (Å²) in [4.78, 5) is 61.2. The molecule has 0 radical (unpaired) electrons. The van der Waals surface area contributed by atoms with Crippen molar-refractivity contribution in [3.05, 3.63) is 60.2 Å². The molecule has 1 aromatic heterocycles. The van der Waals surface area contributed by atoms with Crippen LogP contribution in [0.3, 0.4) is 0 Å². The van der Waals surface area contributed by atoms with E-state index in [-0.39, 0.29) is 37.0 Å². The zero-order valence-corrected chi connectivity index (χ0v) is 22.1. The molecule has 3 atom stereocenters. The highest BCUT2D eigenvalue weighted by Gasteiger charge is 2.42. The number of rotatable bonds is 9. The van der Waals surface area contributed by atoms with Crippen molar-refractivity contribution in [2.45, 2.75) is 58.1 Å². The Kier molecular flexibility index (Phi) is 10.3. The van der Waals surface area contributed by atoms with Gasteiger partial charge in [0.2, 0.25) is 5.91 Å². The molecule has 1 aliphatic heterocycles. The molecule has 3 rings (SSSR count). The molecule has 0 saturated carbocycles. The van der Waals surface area contributed by atoms with Gasteiger partial charge in [-0.25, -0.2) is 4.98 Å². The summed E-state index contributed by atoms with van der Waals surface area (Å²) in [5, 5.41) is 5.60. The molecule has 0 aliphatic carbocycles. The molecule has 1 saturated heterocycles. The van der Waals surface area contributed by atoms with Crippen molar-refractivity contribution in [1.82, 2.24) is 25.5 Å². The smallest absolute Gasteiger partial charge is 0.498 e. The lowest BCUT2D eigenvalue weighted by Crippen LogP contribution is -2.57. The largest absolute Gasteiger partial charge is 0.622 e. The predicted molar refractivity (Wildman–Crippen MR) is 139 cm³/mol. The number of aromatic nitrogens is 2. The van der Waals surface area contributed by atoms with Gasteiger partial charge in [-0.15, -0.1) is 0 Å². The second kappa shape index (κ2) is 13.7. The minimum atomic E-state index is -1.31. The van der Waals surface area contributed by atoms with Gasteiger partial charge in [-0.05, 0) is 31.9 Å². The van der Waals surface area contributed by atoms with Crippen molar-refractivity contribution in [2.75, 3.05) is 13.6 Å². The molecule has 1 fully saturated rings. The van der Waals surface area contributed by atoms with Crippen LogP contribution in [0, 0.1) is 5.92 Å². The van der Waals surface area contributed by atoms with Gasteiger partial charge in [0.05, 0.1) is 25.1 Å². The standard InChI is InChI=1S/C26H34BN5O6/c1-17(2)12-22(27-37-23(33)13-18(3)32(4)16-24(34)38-27)31-25(35)20(14-19-8-6-5-7-9-19)30-26(36)21-15-28-10-11-29-21/h5-11,15,17-18,20,22H,12-14,16H2,1-4H3,(H,30,36)(H,31,35)/t18-,20-,22-/m0/s1. The van der Waals surface area contributed by atoms with Crippen LogP contribution in [0.4, 0.5) is 0 Å². The number of amides is 2. The summed E-state index contributed by atoms with van der Waals surface area (Å²) in [7, 11) is 0.411. The van der Waals surface area contributed by atoms with E-state index in [9.17, 15) is 19.2 Å². The number of hydrogen-bond donors (Lipinski definition) is 2. The number of carbonyl (C=O) groups is 4. The topological polar surface area (TPSA) is 140 Å². The lowest BCUT2D eigenvalue weighted by atomic mass is 9.73. The van der Waals surface area contributed by atoms with Gasteiger partial charge in [-0.2, -0.15) is 0 Å². The van der Waals surface area contributed by atoms with Gasteiger partial charge in [0.1, 0.15) is 11.7 Å². The van der Waals surface area contributed by atoms with Crippen molar-refractivity contribution in [3.8, 4) is 0 Å². The summed E-state index contributed by atoms with van der Waals surface area (Å²) in [6.07, 6.45) is 4.76.